The van der Waals surface area contributed by atoms with E-state index in [2.05, 4.69) is 38.3 Å². The van der Waals surface area contributed by atoms with Gasteiger partial charge in [0.1, 0.15) is 5.82 Å². The molecule has 3 atom stereocenters. The van der Waals surface area contributed by atoms with Crippen LogP contribution in [0.5, 0.6) is 0 Å². The molecule has 0 bridgehead atoms. The molecule has 4 heteroatoms. The van der Waals surface area contributed by atoms with E-state index in [1.807, 2.05) is 0 Å². The number of carbonyl (C=O) groups is 1. The van der Waals surface area contributed by atoms with Crippen molar-refractivity contribution in [1.29, 1.82) is 0 Å². The van der Waals surface area contributed by atoms with Gasteiger partial charge in [0.15, 0.2) is 0 Å². The molecule has 1 aromatic carbocycles. The van der Waals surface area contributed by atoms with Crippen molar-refractivity contribution in [1.82, 2.24) is 10.6 Å². The molecule has 24 heavy (non-hydrogen) atoms. The van der Waals surface area contributed by atoms with E-state index >= 15 is 0 Å². The molecule has 0 saturated heterocycles. The second kappa shape index (κ2) is 8.11. The summed E-state index contributed by atoms with van der Waals surface area (Å²) < 4.78 is 13.2. The Kier molecular flexibility index (Phi) is 6.39. The molecule has 0 radical (unpaired) electrons. The fourth-order valence-corrected chi connectivity index (χ4v) is 3.56. The van der Waals surface area contributed by atoms with Gasteiger partial charge in [-0.2, -0.15) is 0 Å². The number of nitrogens with one attached hydrogen (secondary N) is 2. The van der Waals surface area contributed by atoms with Gasteiger partial charge in [-0.05, 0) is 41.9 Å². The van der Waals surface area contributed by atoms with Crippen molar-refractivity contribution >= 4 is 5.91 Å². The van der Waals surface area contributed by atoms with Crippen LogP contribution in [0.4, 0.5) is 4.39 Å². The summed E-state index contributed by atoms with van der Waals surface area (Å²) in [5.74, 6) is 0.360. The fourth-order valence-electron chi connectivity index (χ4n) is 3.56. The minimum absolute atomic E-state index is 0.00682. The Bertz CT molecular complexity index is 536. The number of carbonyl (C=O) groups excluding carboxylic acids is 1. The van der Waals surface area contributed by atoms with Crippen LogP contribution in [0.3, 0.4) is 0 Å². The van der Waals surface area contributed by atoms with Gasteiger partial charge < -0.3 is 10.6 Å². The normalized spacial score (nSPS) is 22.9. The van der Waals surface area contributed by atoms with Crippen molar-refractivity contribution in [3.63, 3.8) is 0 Å². The van der Waals surface area contributed by atoms with Gasteiger partial charge in [-0.15, -0.1) is 0 Å². The van der Waals surface area contributed by atoms with Crippen molar-refractivity contribution in [2.45, 2.75) is 65.5 Å². The van der Waals surface area contributed by atoms with Gasteiger partial charge in [-0.3, -0.25) is 4.79 Å². The van der Waals surface area contributed by atoms with Crippen LogP contribution in [0.2, 0.25) is 0 Å². The van der Waals surface area contributed by atoms with Crippen LogP contribution >= 0.6 is 0 Å². The quantitative estimate of drug-likeness (QED) is 0.847. The first-order valence-electron chi connectivity index (χ1n) is 9.05. The molecule has 1 aliphatic rings. The van der Waals surface area contributed by atoms with Crippen molar-refractivity contribution in [3.8, 4) is 0 Å². The third-order valence-corrected chi connectivity index (χ3v) is 4.99. The Morgan fingerprint density at radius 2 is 1.83 bits per heavy atom. The lowest BCUT2D eigenvalue weighted by Gasteiger charge is -2.33. The largest absolute Gasteiger partial charge is 0.352 e. The number of benzene rings is 1. The maximum Gasteiger partial charge on any atom is 0.234 e. The number of hydrogen-bond acceptors (Lipinski definition) is 2. The van der Waals surface area contributed by atoms with Crippen molar-refractivity contribution in [2.24, 2.45) is 11.3 Å². The standard InChI is InChI=1S/C20H31FN2O/c1-14-7-5-6-8-17(14)23-18(24)13-22-19(20(2,3)4)15-9-11-16(21)12-10-15/h9-12,14,17,19,22H,5-8,13H2,1-4H3,(H,23,24). The molecule has 2 N–H and O–H groups in total. The van der Waals surface area contributed by atoms with Crippen molar-refractivity contribution in [2.75, 3.05) is 6.54 Å². The summed E-state index contributed by atoms with van der Waals surface area (Å²) >= 11 is 0. The van der Waals surface area contributed by atoms with Gasteiger partial charge in [-0.1, -0.05) is 52.7 Å². The van der Waals surface area contributed by atoms with Crippen LogP contribution in [0.15, 0.2) is 24.3 Å². The number of hydrogen-bond donors (Lipinski definition) is 2. The summed E-state index contributed by atoms with van der Waals surface area (Å²) in [6.07, 6.45) is 4.73. The predicted octanol–water partition coefficient (Wildman–Crippen LogP) is 4.20. The van der Waals surface area contributed by atoms with Gasteiger partial charge in [0.05, 0.1) is 6.54 Å². The van der Waals surface area contributed by atoms with Crippen LogP contribution in [0, 0.1) is 17.2 Å². The average molecular weight is 334 g/mol. The summed E-state index contributed by atoms with van der Waals surface area (Å²) in [5, 5.41) is 6.54. The van der Waals surface area contributed by atoms with E-state index in [0.717, 1.165) is 12.0 Å². The number of rotatable bonds is 5. The molecule has 0 heterocycles. The third kappa shape index (κ3) is 5.30. The first kappa shape index (κ1) is 18.9. The summed E-state index contributed by atoms with van der Waals surface area (Å²) in [7, 11) is 0. The number of amides is 1. The van der Waals surface area contributed by atoms with Crippen molar-refractivity contribution < 1.29 is 9.18 Å². The highest BCUT2D eigenvalue weighted by atomic mass is 19.1. The summed E-state index contributed by atoms with van der Waals surface area (Å²) in [6.45, 7) is 8.86. The Balaban J connectivity index is 1.95. The summed E-state index contributed by atoms with van der Waals surface area (Å²) in [4.78, 5) is 12.3. The first-order chi connectivity index (χ1) is 11.3. The molecule has 0 spiro atoms. The molecular weight excluding hydrogens is 303 g/mol. The summed E-state index contributed by atoms with van der Waals surface area (Å²) in [6, 6.07) is 6.82. The molecule has 1 saturated carbocycles. The fraction of sp³-hybridized carbons (Fsp3) is 0.650. The third-order valence-electron chi connectivity index (χ3n) is 4.99. The lowest BCUT2D eigenvalue weighted by molar-refractivity contribution is -0.121. The van der Waals surface area contributed by atoms with E-state index in [4.69, 9.17) is 0 Å². The Morgan fingerprint density at radius 3 is 2.42 bits per heavy atom. The van der Waals surface area contributed by atoms with Crippen LogP contribution in [0.25, 0.3) is 0 Å². The second-order valence-electron chi connectivity index (χ2n) is 8.17. The molecule has 3 unspecified atom stereocenters. The van der Waals surface area contributed by atoms with Crippen LogP contribution in [-0.2, 0) is 4.79 Å². The molecular formula is C20H31FN2O. The maximum atomic E-state index is 13.2. The molecule has 3 nitrogen and oxygen atoms in total. The molecule has 2 rings (SSSR count). The predicted molar refractivity (Wildman–Crippen MR) is 96.2 cm³/mol. The Labute approximate surface area is 145 Å². The van der Waals surface area contributed by atoms with Crippen LogP contribution in [-0.4, -0.2) is 18.5 Å². The molecule has 0 aromatic heterocycles. The van der Waals surface area contributed by atoms with E-state index in [0.29, 0.717) is 12.0 Å². The first-order valence-corrected chi connectivity index (χ1v) is 9.05. The van der Waals surface area contributed by atoms with Crippen molar-refractivity contribution in [3.05, 3.63) is 35.6 Å². The van der Waals surface area contributed by atoms with Gasteiger partial charge in [0.25, 0.3) is 0 Å². The van der Waals surface area contributed by atoms with Gasteiger partial charge in [0.2, 0.25) is 5.91 Å². The second-order valence-corrected chi connectivity index (χ2v) is 8.17. The maximum absolute atomic E-state index is 13.2. The molecule has 1 fully saturated rings. The summed E-state index contributed by atoms with van der Waals surface area (Å²) in [5.41, 5.74) is 0.929. The highest BCUT2D eigenvalue weighted by molar-refractivity contribution is 5.78. The van der Waals surface area contributed by atoms with Gasteiger partial charge in [-0.25, -0.2) is 4.39 Å². The Morgan fingerprint density at radius 1 is 1.21 bits per heavy atom. The van der Waals surface area contributed by atoms with Crippen LogP contribution < -0.4 is 10.6 Å². The molecule has 1 amide bonds. The average Bonchev–Trinajstić information content (AvgIpc) is 2.50. The molecule has 134 valence electrons. The van der Waals surface area contributed by atoms with Crippen LogP contribution in [0.1, 0.15) is 65.0 Å². The minimum atomic E-state index is -0.240. The minimum Gasteiger partial charge on any atom is -0.352 e. The zero-order valence-electron chi connectivity index (χ0n) is 15.4. The molecule has 1 aromatic rings. The highest BCUT2D eigenvalue weighted by Crippen LogP contribution is 2.32. The van der Waals surface area contributed by atoms with Gasteiger partial charge in [0, 0.05) is 12.1 Å². The van der Waals surface area contributed by atoms with E-state index < -0.39 is 0 Å². The SMILES string of the molecule is CC1CCCCC1NC(=O)CNC(c1ccc(F)cc1)C(C)(C)C. The van der Waals surface area contributed by atoms with E-state index in [1.165, 1.54) is 31.4 Å². The lowest BCUT2D eigenvalue weighted by atomic mass is 9.82. The Hall–Kier alpha value is -1.42. The lowest BCUT2D eigenvalue weighted by Crippen LogP contribution is -2.46. The van der Waals surface area contributed by atoms with Gasteiger partial charge >= 0.3 is 0 Å². The molecule has 0 aliphatic heterocycles. The van der Waals surface area contributed by atoms with E-state index in [1.54, 1.807) is 12.1 Å². The van der Waals surface area contributed by atoms with E-state index in [-0.39, 0.29) is 29.7 Å². The highest BCUT2D eigenvalue weighted by Gasteiger charge is 2.27. The van der Waals surface area contributed by atoms with E-state index in [9.17, 15) is 9.18 Å². The monoisotopic (exact) mass is 334 g/mol. The smallest absolute Gasteiger partial charge is 0.234 e. The number of halogens is 1. The zero-order valence-corrected chi connectivity index (χ0v) is 15.4. The molecule has 1 aliphatic carbocycles. The zero-order chi connectivity index (χ0) is 17.7. The topological polar surface area (TPSA) is 41.1 Å².